The highest BCUT2D eigenvalue weighted by molar-refractivity contribution is 6.11. The molecule has 0 unspecified atom stereocenters. The van der Waals surface area contributed by atoms with Gasteiger partial charge in [0.25, 0.3) is 11.8 Å². The zero-order valence-electron chi connectivity index (χ0n) is 14.6. The second kappa shape index (κ2) is 7.97. The van der Waals surface area contributed by atoms with E-state index in [1.807, 2.05) is 51.1 Å². The topological polar surface area (TPSA) is 75.9 Å². The minimum absolute atomic E-state index is 0.0921. The molecular formula is C17H27N3O3. The van der Waals surface area contributed by atoms with Crippen molar-refractivity contribution >= 4 is 17.5 Å². The molecule has 0 aromatic heterocycles. The van der Waals surface area contributed by atoms with Crippen LogP contribution in [0.1, 0.15) is 27.2 Å². The average molecular weight is 321 g/mol. The van der Waals surface area contributed by atoms with Gasteiger partial charge in [-0.15, -0.1) is 0 Å². The maximum absolute atomic E-state index is 13.0. The Morgan fingerprint density at radius 3 is 2.22 bits per heavy atom. The number of anilines is 1. The van der Waals surface area contributed by atoms with Gasteiger partial charge in [0.15, 0.2) is 0 Å². The van der Waals surface area contributed by atoms with Crippen molar-refractivity contribution in [3.63, 3.8) is 0 Å². The van der Waals surface area contributed by atoms with E-state index in [4.69, 9.17) is 10.6 Å². The van der Waals surface area contributed by atoms with Crippen molar-refractivity contribution < 1.29 is 14.4 Å². The Labute approximate surface area is 138 Å². The van der Waals surface area contributed by atoms with Crippen molar-refractivity contribution in [1.29, 1.82) is 0 Å². The van der Waals surface area contributed by atoms with Crippen LogP contribution < -0.4 is 10.6 Å². The quantitative estimate of drug-likeness (QED) is 0.585. The number of primary amides is 1. The van der Waals surface area contributed by atoms with Crippen molar-refractivity contribution in [3.8, 4) is 0 Å². The zero-order valence-corrected chi connectivity index (χ0v) is 14.6. The second-order valence-electron chi connectivity index (χ2n) is 5.89. The van der Waals surface area contributed by atoms with Crippen molar-refractivity contribution in [2.45, 2.75) is 32.7 Å². The highest BCUT2D eigenvalue weighted by atomic mass is 16.7. The molecule has 128 valence electrons. The Morgan fingerprint density at radius 1 is 1.26 bits per heavy atom. The summed E-state index contributed by atoms with van der Waals surface area (Å²) >= 11 is 0. The molecule has 1 rings (SSSR count). The van der Waals surface area contributed by atoms with Crippen LogP contribution in [-0.4, -0.2) is 43.1 Å². The van der Waals surface area contributed by atoms with Crippen LogP contribution in [0.2, 0.25) is 0 Å². The van der Waals surface area contributed by atoms with Crippen LogP contribution in [0.3, 0.4) is 0 Å². The minimum Gasteiger partial charge on any atom is -0.367 e. The number of nitrogens with zero attached hydrogens (tertiary/aromatic N) is 2. The second-order valence-corrected chi connectivity index (χ2v) is 5.89. The molecule has 1 atom stereocenters. The number of carbonyl (C=O) groups excluding carboxylic acids is 2. The molecule has 0 saturated carbocycles. The number of nitrogens with two attached hydrogens (primary N) is 1. The molecular weight excluding hydrogens is 294 g/mol. The van der Waals surface area contributed by atoms with E-state index in [1.165, 1.54) is 14.2 Å². The van der Waals surface area contributed by atoms with E-state index in [0.29, 0.717) is 13.0 Å². The lowest BCUT2D eigenvalue weighted by atomic mass is 9.84. The normalized spacial score (nSPS) is 13.5. The minimum atomic E-state index is -1.49. The van der Waals surface area contributed by atoms with Crippen molar-refractivity contribution in [1.82, 2.24) is 5.06 Å². The highest BCUT2D eigenvalue weighted by Crippen LogP contribution is 2.31. The fraction of sp³-hybridized carbons (Fsp3) is 0.529. The van der Waals surface area contributed by atoms with E-state index in [2.05, 4.69) is 0 Å². The van der Waals surface area contributed by atoms with E-state index < -0.39 is 17.4 Å². The summed E-state index contributed by atoms with van der Waals surface area (Å²) in [4.78, 5) is 32.3. The van der Waals surface area contributed by atoms with Crippen LogP contribution in [-0.2, 0) is 14.4 Å². The van der Waals surface area contributed by atoms with Gasteiger partial charge in [-0.25, -0.2) is 5.06 Å². The summed E-state index contributed by atoms with van der Waals surface area (Å²) < 4.78 is 0. The first-order valence-corrected chi connectivity index (χ1v) is 7.76. The molecule has 2 amide bonds. The van der Waals surface area contributed by atoms with Gasteiger partial charge < -0.3 is 10.6 Å². The first-order valence-electron chi connectivity index (χ1n) is 7.76. The molecule has 0 radical (unpaired) electrons. The average Bonchev–Trinajstić information content (AvgIpc) is 2.53. The lowest BCUT2D eigenvalue weighted by Gasteiger charge is -2.43. The van der Waals surface area contributed by atoms with Gasteiger partial charge in [0.05, 0.1) is 7.11 Å². The molecule has 0 fully saturated rings. The molecule has 0 bridgehead atoms. The standard InChI is InChI=1S/C17H27N3O3/c1-6-20(14-10-8-7-9-11-14)17(15(18)21,12-13(2)3)16(22)19(4)23-5/h7-11,13H,6,12H2,1-5H3,(H2,18,21)/t17-/m0/s1. The van der Waals surface area contributed by atoms with E-state index in [-0.39, 0.29) is 5.92 Å². The zero-order chi connectivity index (χ0) is 17.6. The molecule has 23 heavy (non-hydrogen) atoms. The summed E-state index contributed by atoms with van der Waals surface area (Å²) in [7, 11) is 2.87. The lowest BCUT2D eigenvalue weighted by molar-refractivity contribution is -0.177. The van der Waals surface area contributed by atoms with Gasteiger partial charge in [-0.2, -0.15) is 0 Å². The fourth-order valence-corrected chi connectivity index (χ4v) is 2.87. The van der Waals surface area contributed by atoms with E-state index in [1.54, 1.807) is 4.90 Å². The summed E-state index contributed by atoms with van der Waals surface area (Å²) in [6.07, 6.45) is 0.303. The van der Waals surface area contributed by atoms with Gasteiger partial charge in [-0.3, -0.25) is 14.4 Å². The van der Waals surface area contributed by atoms with Crippen molar-refractivity contribution in [3.05, 3.63) is 30.3 Å². The number of hydrogen-bond donors (Lipinski definition) is 1. The van der Waals surface area contributed by atoms with Crippen LogP contribution in [0.4, 0.5) is 5.69 Å². The maximum Gasteiger partial charge on any atom is 0.281 e. The number of hydroxylamine groups is 2. The Morgan fingerprint density at radius 2 is 1.83 bits per heavy atom. The molecule has 1 aromatic rings. The molecule has 0 spiro atoms. The molecule has 6 nitrogen and oxygen atoms in total. The Kier molecular flexibility index (Phi) is 6.57. The molecule has 0 saturated heterocycles. The van der Waals surface area contributed by atoms with E-state index in [9.17, 15) is 9.59 Å². The molecule has 0 aliphatic heterocycles. The summed E-state index contributed by atoms with van der Waals surface area (Å²) in [6, 6.07) is 9.34. The van der Waals surface area contributed by atoms with Crippen LogP contribution in [0.25, 0.3) is 0 Å². The number of hydrogen-bond acceptors (Lipinski definition) is 4. The molecule has 1 aromatic carbocycles. The van der Waals surface area contributed by atoms with Gasteiger partial charge in [0.1, 0.15) is 0 Å². The van der Waals surface area contributed by atoms with Crippen LogP contribution in [0.5, 0.6) is 0 Å². The maximum atomic E-state index is 13.0. The fourth-order valence-electron chi connectivity index (χ4n) is 2.87. The summed E-state index contributed by atoms with van der Waals surface area (Å²) in [6.45, 7) is 6.27. The van der Waals surface area contributed by atoms with Crippen molar-refractivity contribution in [2.24, 2.45) is 11.7 Å². The largest absolute Gasteiger partial charge is 0.367 e. The van der Waals surface area contributed by atoms with Gasteiger partial charge >= 0.3 is 0 Å². The smallest absolute Gasteiger partial charge is 0.281 e. The summed E-state index contributed by atoms with van der Waals surface area (Å²) in [5.41, 5.74) is 5.02. The third-order valence-corrected chi connectivity index (χ3v) is 3.87. The first-order chi connectivity index (χ1) is 10.8. The predicted molar refractivity (Wildman–Crippen MR) is 90.6 cm³/mol. The van der Waals surface area contributed by atoms with E-state index >= 15 is 0 Å². The Balaban J connectivity index is 3.52. The van der Waals surface area contributed by atoms with Crippen LogP contribution in [0.15, 0.2) is 30.3 Å². The third-order valence-electron chi connectivity index (χ3n) is 3.87. The molecule has 2 N–H and O–H groups in total. The molecule has 6 heteroatoms. The SMILES string of the molecule is CCN(c1ccccc1)[C@@](CC(C)C)(C(N)=O)C(=O)N(C)OC. The third kappa shape index (κ3) is 3.82. The van der Waals surface area contributed by atoms with Crippen LogP contribution >= 0.6 is 0 Å². The summed E-state index contributed by atoms with van der Waals surface area (Å²) in [5.74, 6) is -1.05. The molecule has 0 aliphatic rings. The predicted octanol–water partition coefficient (Wildman–Crippen LogP) is 1.80. The monoisotopic (exact) mass is 321 g/mol. The lowest BCUT2D eigenvalue weighted by Crippen LogP contribution is -2.66. The Hall–Kier alpha value is -2.08. The summed E-state index contributed by atoms with van der Waals surface area (Å²) in [5, 5.41) is 1.07. The number of likely N-dealkylation sites (N-methyl/N-ethyl adjacent to an activating group) is 2. The van der Waals surface area contributed by atoms with Crippen molar-refractivity contribution in [2.75, 3.05) is 25.6 Å². The first kappa shape index (κ1) is 19.0. The molecule has 0 aliphatic carbocycles. The number of para-hydroxylation sites is 1. The Bertz CT molecular complexity index is 533. The number of rotatable bonds is 8. The van der Waals surface area contributed by atoms with Gasteiger partial charge in [-0.05, 0) is 31.4 Å². The van der Waals surface area contributed by atoms with Gasteiger partial charge in [-0.1, -0.05) is 32.0 Å². The molecule has 0 heterocycles. The van der Waals surface area contributed by atoms with Gasteiger partial charge in [0.2, 0.25) is 5.54 Å². The highest BCUT2D eigenvalue weighted by Gasteiger charge is 2.51. The van der Waals surface area contributed by atoms with Crippen LogP contribution in [0, 0.1) is 5.92 Å². The van der Waals surface area contributed by atoms with Gasteiger partial charge in [0, 0.05) is 19.3 Å². The number of amides is 2. The number of benzene rings is 1. The van der Waals surface area contributed by atoms with E-state index in [0.717, 1.165) is 10.8 Å². The number of carbonyl (C=O) groups is 2.